The lowest BCUT2D eigenvalue weighted by molar-refractivity contribution is 0.102. The summed E-state index contributed by atoms with van der Waals surface area (Å²) in [6.07, 6.45) is 3.92. The number of nitrogens with one attached hydrogen (secondary N) is 1. The van der Waals surface area contributed by atoms with Crippen molar-refractivity contribution in [2.24, 2.45) is 7.05 Å². The van der Waals surface area contributed by atoms with Gasteiger partial charge in [-0.1, -0.05) is 12.5 Å². The highest BCUT2D eigenvalue weighted by atomic mass is 32.2. The van der Waals surface area contributed by atoms with Crippen molar-refractivity contribution < 1.29 is 17.6 Å². The van der Waals surface area contributed by atoms with Crippen molar-refractivity contribution in [3.63, 3.8) is 0 Å². The number of benzene rings is 1. The maximum atomic E-state index is 13.3. The fraction of sp³-hybridized carbons (Fsp3) is 0.375. The average molecular weight is 366 g/mol. The zero-order valence-electron chi connectivity index (χ0n) is 13.8. The number of hydrogen-bond donors (Lipinski definition) is 1. The molecule has 0 bridgehead atoms. The van der Waals surface area contributed by atoms with Crippen LogP contribution in [0.5, 0.6) is 0 Å². The second kappa shape index (κ2) is 6.93. The summed E-state index contributed by atoms with van der Waals surface area (Å²) >= 11 is 0. The maximum Gasteiger partial charge on any atom is 0.263 e. The van der Waals surface area contributed by atoms with E-state index in [4.69, 9.17) is 0 Å². The predicted molar refractivity (Wildman–Crippen MR) is 90.2 cm³/mol. The van der Waals surface area contributed by atoms with E-state index in [-0.39, 0.29) is 16.3 Å². The van der Waals surface area contributed by atoms with Gasteiger partial charge in [0.05, 0.1) is 5.56 Å². The molecule has 2 heterocycles. The summed E-state index contributed by atoms with van der Waals surface area (Å²) in [7, 11) is -2.30. The van der Waals surface area contributed by atoms with Crippen LogP contribution < -0.4 is 5.32 Å². The Labute approximate surface area is 145 Å². The van der Waals surface area contributed by atoms with E-state index < -0.39 is 21.7 Å². The minimum absolute atomic E-state index is 0.0580. The number of hydrogen-bond acceptors (Lipinski definition) is 4. The lowest BCUT2D eigenvalue weighted by atomic mass is 10.2. The van der Waals surface area contributed by atoms with E-state index in [2.05, 4.69) is 10.4 Å². The standard InChI is InChI=1S/C16H19FN4O3S/c1-20-11-14(15(22)18-13-7-5-6-12(17)10-13)16(19-20)25(23,24)21-8-3-2-4-9-21/h5-7,10-11H,2-4,8-9H2,1H3,(H,18,22). The fourth-order valence-corrected chi connectivity index (χ4v) is 4.45. The third kappa shape index (κ3) is 3.72. The van der Waals surface area contributed by atoms with E-state index in [9.17, 15) is 17.6 Å². The van der Waals surface area contributed by atoms with Gasteiger partial charge < -0.3 is 5.32 Å². The minimum Gasteiger partial charge on any atom is -0.322 e. The Morgan fingerprint density at radius 1 is 1.24 bits per heavy atom. The first kappa shape index (κ1) is 17.6. The van der Waals surface area contributed by atoms with Crippen molar-refractivity contribution in [1.29, 1.82) is 0 Å². The van der Waals surface area contributed by atoms with E-state index in [1.165, 1.54) is 33.4 Å². The molecule has 1 aromatic carbocycles. The normalized spacial score (nSPS) is 15.9. The molecule has 0 atom stereocenters. The second-order valence-electron chi connectivity index (χ2n) is 5.95. The molecule has 0 spiro atoms. The van der Waals surface area contributed by atoms with Crippen molar-refractivity contribution in [3.8, 4) is 0 Å². The van der Waals surface area contributed by atoms with Crippen molar-refractivity contribution in [2.45, 2.75) is 24.3 Å². The fourth-order valence-electron chi connectivity index (χ4n) is 2.81. The quantitative estimate of drug-likeness (QED) is 0.897. The van der Waals surface area contributed by atoms with Gasteiger partial charge in [-0.15, -0.1) is 0 Å². The van der Waals surface area contributed by atoms with E-state index >= 15 is 0 Å². The van der Waals surface area contributed by atoms with Gasteiger partial charge in [-0.2, -0.15) is 9.40 Å². The van der Waals surface area contributed by atoms with Gasteiger partial charge in [-0.3, -0.25) is 9.48 Å². The molecule has 1 saturated heterocycles. The third-order valence-electron chi connectivity index (χ3n) is 4.02. The van der Waals surface area contributed by atoms with Gasteiger partial charge >= 0.3 is 0 Å². The predicted octanol–water partition coefficient (Wildman–Crippen LogP) is 1.99. The Morgan fingerprint density at radius 3 is 2.64 bits per heavy atom. The van der Waals surface area contributed by atoms with Crippen molar-refractivity contribution >= 4 is 21.6 Å². The smallest absolute Gasteiger partial charge is 0.263 e. The molecule has 0 radical (unpaired) electrons. The lowest BCUT2D eigenvalue weighted by Gasteiger charge is -2.25. The van der Waals surface area contributed by atoms with E-state index in [0.29, 0.717) is 13.1 Å². The number of carbonyl (C=O) groups excluding carboxylic acids is 1. The summed E-state index contributed by atoms with van der Waals surface area (Å²) in [5.74, 6) is -1.14. The van der Waals surface area contributed by atoms with Crippen LogP contribution in [0.4, 0.5) is 10.1 Å². The van der Waals surface area contributed by atoms with Crippen molar-refractivity contribution in [2.75, 3.05) is 18.4 Å². The summed E-state index contributed by atoms with van der Waals surface area (Å²) in [5, 5.41) is 6.23. The number of aryl methyl sites for hydroxylation is 1. The number of sulfonamides is 1. The molecule has 0 saturated carbocycles. The lowest BCUT2D eigenvalue weighted by Crippen LogP contribution is -2.36. The molecule has 1 N–H and O–H groups in total. The molecular formula is C16H19FN4O3S. The number of nitrogens with zero attached hydrogens (tertiary/aromatic N) is 3. The van der Waals surface area contributed by atoms with Crippen LogP contribution in [0.25, 0.3) is 0 Å². The monoisotopic (exact) mass is 366 g/mol. The highest BCUT2D eigenvalue weighted by Crippen LogP contribution is 2.23. The van der Waals surface area contributed by atoms with Crippen LogP contribution in [0, 0.1) is 5.82 Å². The Bertz CT molecular complexity index is 889. The molecule has 1 aromatic heterocycles. The summed E-state index contributed by atoms with van der Waals surface area (Å²) in [4.78, 5) is 12.5. The van der Waals surface area contributed by atoms with E-state index in [1.807, 2.05) is 0 Å². The molecular weight excluding hydrogens is 347 g/mol. The summed E-state index contributed by atoms with van der Waals surface area (Å²) in [6.45, 7) is 0.841. The molecule has 1 fully saturated rings. The number of halogens is 1. The SMILES string of the molecule is Cn1cc(C(=O)Nc2cccc(F)c2)c(S(=O)(=O)N2CCCCC2)n1. The molecule has 25 heavy (non-hydrogen) atoms. The van der Waals surface area contributed by atoms with E-state index in [0.717, 1.165) is 25.3 Å². The molecule has 1 aliphatic rings. The number of aromatic nitrogens is 2. The molecule has 134 valence electrons. The number of anilines is 1. The first-order valence-corrected chi connectivity index (χ1v) is 9.42. The van der Waals surface area contributed by atoms with Crippen LogP contribution in [0.15, 0.2) is 35.5 Å². The first-order valence-electron chi connectivity index (χ1n) is 7.98. The Kier molecular flexibility index (Phi) is 4.87. The summed E-state index contributed by atoms with van der Waals surface area (Å²) in [5.41, 5.74) is 0.188. The third-order valence-corrected chi connectivity index (χ3v) is 5.86. The maximum absolute atomic E-state index is 13.3. The zero-order chi connectivity index (χ0) is 18.0. The van der Waals surface area contributed by atoms with Crippen LogP contribution in [0.2, 0.25) is 0 Å². The molecule has 1 amide bonds. The molecule has 1 aliphatic heterocycles. The van der Waals surface area contributed by atoms with Crippen LogP contribution >= 0.6 is 0 Å². The molecule has 2 aromatic rings. The van der Waals surface area contributed by atoms with Gasteiger partial charge in [-0.05, 0) is 31.0 Å². The highest BCUT2D eigenvalue weighted by molar-refractivity contribution is 7.89. The molecule has 0 unspecified atom stereocenters. The molecule has 3 rings (SSSR count). The molecule has 9 heteroatoms. The van der Waals surface area contributed by atoms with Gasteiger partial charge in [0.25, 0.3) is 15.9 Å². The van der Waals surface area contributed by atoms with Crippen LogP contribution in [0.1, 0.15) is 29.6 Å². The minimum atomic E-state index is -3.85. The van der Waals surface area contributed by atoms with Crippen molar-refractivity contribution in [3.05, 3.63) is 41.8 Å². The van der Waals surface area contributed by atoms with Crippen molar-refractivity contribution in [1.82, 2.24) is 14.1 Å². The van der Waals surface area contributed by atoms with Gasteiger partial charge in [0.2, 0.25) is 5.03 Å². The van der Waals surface area contributed by atoms with E-state index in [1.54, 1.807) is 7.05 Å². The van der Waals surface area contributed by atoms with Gasteiger partial charge in [-0.25, -0.2) is 12.8 Å². The van der Waals surface area contributed by atoms with Gasteiger partial charge in [0.1, 0.15) is 5.82 Å². The zero-order valence-corrected chi connectivity index (χ0v) is 14.6. The number of carbonyl (C=O) groups is 1. The number of amides is 1. The highest BCUT2D eigenvalue weighted by Gasteiger charge is 2.33. The van der Waals surface area contributed by atoms with Crippen LogP contribution in [-0.2, 0) is 17.1 Å². The van der Waals surface area contributed by atoms with Gasteiger partial charge in [0.15, 0.2) is 0 Å². The first-order chi connectivity index (χ1) is 11.9. The average Bonchev–Trinajstić information content (AvgIpc) is 2.98. The Morgan fingerprint density at radius 2 is 1.96 bits per heavy atom. The summed E-state index contributed by atoms with van der Waals surface area (Å²) in [6, 6.07) is 5.40. The molecule has 7 nitrogen and oxygen atoms in total. The summed E-state index contributed by atoms with van der Waals surface area (Å²) < 4.78 is 41.6. The topological polar surface area (TPSA) is 84.3 Å². The van der Waals surface area contributed by atoms with Crippen LogP contribution in [-0.4, -0.2) is 41.5 Å². The largest absolute Gasteiger partial charge is 0.322 e. The Balaban J connectivity index is 1.91. The number of rotatable bonds is 4. The molecule has 0 aliphatic carbocycles. The number of piperidine rings is 1. The van der Waals surface area contributed by atoms with Crippen LogP contribution in [0.3, 0.4) is 0 Å². The second-order valence-corrected chi connectivity index (χ2v) is 7.80. The van der Waals surface area contributed by atoms with Gasteiger partial charge in [0, 0.05) is 32.0 Å². The Hall–Kier alpha value is -2.26.